The molecule has 7 heteroatoms. The predicted molar refractivity (Wildman–Crippen MR) is 158 cm³/mol. The molecule has 37 heavy (non-hydrogen) atoms. The molecule has 2 heterocycles. The number of carbonyl (C=O) groups is 1. The third kappa shape index (κ3) is 8.57. The molecule has 0 saturated carbocycles. The summed E-state index contributed by atoms with van der Waals surface area (Å²) in [5.41, 5.74) is 0.939. The van der Waals surface area contributed by atoms with Gasteiger partial charge in [0, 0.05) is 19.6 Å². The Morgan fingerprint density at radius 2 is 1.57 bits per heavy atom. The number of hydrogen-bond donors (Lipinski definition) is 0. The minimum Gasteiger partial charge on any atom is -0.494 e. The third-order valence-electron chi connectivity index (χ3n) is 7.32. The number of urea groups is 1. The van der Waals surface area contributed by atoms with Crippen LogP contribution < -0.4 is 9.64 Å². The van der Waals surface area contributed by atoms with E-state index in [0.29, 0.717) is 6.61 Å². The first-order chi connectivity index (χ1) is 18.1. The van der Waals surface area contributed by atoms with E-state index in [2.05, 4.69) is 36.6 Å². The Balaban J connectivity index is 1.85. The first kappa shape index (κ1) is 29.7. The van der Waals surface area contributed by atoms with Crippen LogP contribution in [-0.2, 0) is 0 Å². The predicted octanol–water partition coefficient (Wildman–Crippen LogP) is 8.31. The number of ether oxygens (including phenoxy) is 1. The lowest BCUT2D eigenvalue weighted by molar-refractivity contribution is 0.184. The highest BCUT2D eigenvalue weighted by molar-refractivity contribution is 7.22. The number of aromatic nitrogens is 1. The summed E-state index contributed by atoms with van der Waals surface area (Å²) in [5, 5.41) is 0.821. The zero-order valence-corrected chi connectivity index (χ0v) is 24.7. The Kier molecular flexibility index (Phi) is 13.0. The smallest absolute Gasteiger partial charge is 0.327 e. The summed E-state index contributed by atoms with van der Waals surface area (Å²) >= 11 is 1.62. The topological polar surface area (TPSA) is 48.9 Å². The molecule has 1 fully saturated rings. The number of rotatable bonds is 19. The largest absolute Gasteiger partial charge is 0.494 e. The second kappa shape index (κ2) is 16.2. The maximum absolute atomic E-state index is 13.9. The van der Waals surface area contributed by atoms with Gasteiger partial charge in [-0.25, -0.2) is 9.78 Å². The molecule has 3 rings (SSSR count). The summed E-state index contributed by atoms with van der Waals surface area (Å²) in [6, 6.07) is 6.18. The number of nitrogens with zero attached hydrogens (tertiary/aromatic N) is 4. The first-order valence-corrected chi connectivity index (χ1v) is 15.8. The van der Waals surface area contributed by atoms with Gasteiger partial charge in [0.2, 0.25) is 0 Å². The van der Waals surface area contributed by atoms with Crippen LogP contribution in [0.4, 0.5) is 9.93 Å². The summed E-state index contributed by atoms with van der Waals surface area (Å²) < 4.78 is 6.80. The molecule has 1 aromatic carbocycles. The van der Waals surface area contributed by atoms with Crippen LogP contribution in [0.5, 0.6) is 5.75 Å². The van der Waals surface area contributed by atoms with Gasteiger partial charge in [0.1, 0.15) is 11.9 Å². The van der Waals surface area contributed by atoms with Crippen LogP contribution in [0, 0.1) is 0 Å². The van der Waals surface area contributed by atoms with Crippen molar-refractivity contribution in [1.82, 2.24) is 14.8 Å². The van der Waals surface area contributed by atoms with Crippen molar-refractivity contribution < 1.29 is 9.53 Å². The average molecular weight is 531 g/mol. The molecule has 6 nitrogen and oxygen atoms in total. The van der Waals surface area contributed by atoms with Gasteiger partial charge in [-0.05, 0) is 44.4 Å². The SMILES string of the molecule is CCCCCCN1CC(N(CCCCCC)CCCCCC)N(c2nc3ccc(OCC)cc3s2)C1=O. The van der Waals surface area contributed by atoms with E-state index < -0.39 is 0 Å². The van der Waals surface area contributed by atoms with Crippen molar-refractivity contribution in [3.8, 4) is 5.75 Å². The molecular formula is C30H50N4O2S. The molecule has 1 saturated heterocycles. The zero-order chi connectivity index (χ0) is 26.5. The highest BCUT2D eigenvalue weighted by Gasteiger charge is 2.42. The molecule has 0 radical (unpaired) electrons. The zero-order valence-electron chi connectivity index (χ0n) is 23.8. The molecule has 1 aromatic heterocycles. The number of carbonyl (C=O) groups excluding carboxylic acids is 1. The van der Waals surface area contributed by atoms with Crippen LogP contribution in [-0.4, -0.2) is 59.8 Å². The molecular weight excluding hydrogens is 480 g/mol. The van der Waals surface area contributed by atoms with Gasteiger partial charge < -0.3 is 9.64 Å². The molecule has 1 atom stereocenters. The normalized spacial score (nSPS) is 16.0. The van der Waals surface area contributed by atoms with E-state index >= 15 is 0 Å². The van der Waals surface area contributed by atoms with Crippen molar-refractivity contribution in [2.75, 3.05) is 37.7 Å². The Morgan fingerprint density at radius 3 is 2.19 bits per heavy atom. The number of unbranched alkanes of at least 4 members (excludes halogenated alkanes) is 9. The van der Waals surface area contributed by atoms with Crippen molar-refractivity contribution in [3.63, 3.8) is 0 Å². The second-order valence-electron chi connectivity index (χ2n) is 10.4. The van der Waals surface area contributed by atoms with Crippen molar-refractivity contribution >= 4 is 32.7 Å². The lowest BCUT2D eigenvalue weighted by Gasteiger charge is -2.33. The number of thiazole rings is 1. The lowest BCUT2D eigenvalue weighted by atomic mass is 10.1. The van der Waals surface area contributed by atoms with Gasteiger partial charge >= 0.3 is 6.03 Å². The number of hydrogen-bond acceptors (Lipinski definition) is 5. The van der Waals surface area contributed by atoms with Crippen molar-refractivity contribution in [3.05, 3.63) is 18.2 Å². The van der Waals surface area contributed by atoms with E-state index in [-0.39, 0.29) is 12.2 Å². The maximum atomic E-state index is 13.9. The third-order valence-corrected chi connectivity index (χ3v) is 8.34. The Bertz CT molecular complexity index is 921. The molecule has 0 aliphatic carbocycles. The van der Waals surface area contributed by atoms with Crippen molar-refractivity contribution in [2.24, 2.45) is 0 Å². The van der Waals surface area contributed by atoms with E-state index in [1.165, 1.54) is 70.6 Å². The van der Waals surface area contributed by atoms with Gasteiger partial charge in [-0.15, -0.1) is 0 Å². The van der Waals surface area contributed by atoms with Crippen LogP contribution in [0.3, 0.4) is 0 Å². The average Bonchev–Trinajstić information content (AvgIpc) is 3.46. The van der Waals surface area contributed by atoms with Crippen LogP contribution in [0.1, 0.15) is 105 Å². The summed E-state index contributed by atoms with van der Waals surface area (Å²) in [5.74, 6) is 0.862. The van der Waals surface area contributed by atoms with E-state index in [1.54, 1.807) is 11.3 Å². The highest BCUT2D eigenvalue weighted by atomic mass is 32.1. The first-order valence-electron chi connectivity index (χ1n) is 15.0. The summed E-state index contributed by atoms with van der Waals surface area (Å²) in [4.78, 5) is 25.5. The van der Waals surface area contributed by atoms with E-state index in [9.17, 15) is 4.79 Å². The van der Waals surface area contributed by atoms with Crippen molar-refractivity contribution in [1.29, 1.82) is 0 Å². The molecule has 1 unspecified atom stereocenters. The van der Waals surface area contributed by atoms with E-state index in [0.717, 1.165) is 53.7 Å². The second-order valence-corrected chi connectivity index (χ2v) is 11.4. The van der Waals surface area contributed by atoms with Crippen LogP contribution in [0.25, 0.3) is 10.2 Å². The fourth-order valence-electron chi connectivity index (χ4n) is 5.19. The number of anilines is 1. The van der Waals surface area contributed by atoms with Crippen molar-refractivity contribution in [2.45, 2.75) is 111 Å². The maximum Gasteiger partial charge on any atom is 0.327 e. The monoisotopic (exact) mass is 530 g/mol. The van der Waals surface area contributed by atoms with Gasteiger partial charge in [0.25, 0.3) is 0 Å². The number of amides is 2. The van der Waals surface area contributed by atoms with Gasteiger partial charge in [-0.1, -0.05) is 89.9 Å². The fourth-order valence-corrected chi connectivity index (χ4v) is 6.22. The van der Waals surface area contributed by atoms with Gasteiger partial charge in [0.15, 0.2) is 5.13 Å². The number of benzene rings is 1. The van der Waals surface area contributed by atoms with Crippen LogP contribution in [0.2, 0.25) is 0 Å². The molecule has 1 aliphatic heterocycles. The molecule has 0 spiro atoms. The van der Waals surface area contributed by atoms with Crippen LogP contribution in [0.15, 0.2) is 18.2 Å². The van der Waals surface area contributed by atoms with Crippen LogP contribution >= 0.6 is 11.3 Å². The summed E-state index contributed by atoms with van der Waals surface area (Å²) in [7, 11) is 0. The Labute approximate surface area is 229 Å². The summed E-state index contributed by atoms with van der Waals surface area (Å²) in [6.45, 7) is 13.1. The van der Waals surface area contributed by atoms with Gasteiger partial charge in [0.05, 0.1) is 23.4 Å². The number of fused-ring (bicyclic) bond motifs is 1. The minimum absolute atomic E-state index is 0.0499. The summed E-state index contributed by atoms with van der Waals surface area (Å²) in [6.07, 6.45) is 14.7. The van der Waals surface area contributed by atoms with E-state index in [1.807, 2.05) is 24.0 Å². The lowest BCUT2D eigenvalue weighted by Crippen LogP contribution is -2.48. The molecule has 0 N–H and O–H groups in total. The standard InChI is InChI=1S/C30H50N4O2S/c1-5-9-12-15-20-32(21-16-13-10-6-2)28-24-33(22-17-14-11-7-3)30(35)34(28)29-31-26-19-18-25(36-8-4)23-27(26)37-29/h18-19,23,28H,5-17,20-22,24H2,1-4H3. The minimum atomic E-state index is 0.0499. The Hall–Kier alpha value is -1.86. The fraction of sp³-hybridized carbons (Fsp3) is 0.733. The Morgan fingerprint density at radius 1 is 0.919 bits per heavy atom. The van der Waals surface area contributed by atoms with Gasteiger partial charge in [-0.2, -0.15) is 0 Å². The molecule has 0 bridgehead atoms. The molecule has 2 aromatic rings. The molecule has 208 valence electrons. The molecule has 1 aliphatic rings. The van der Waals surface area contributed by atoms with E-state index in [4.69, 9.17) is 9.72 Å². The quantitative estimate of drug-likeness (QED) is 0.171. The highest BCUT2D eigenvalue weighted by Crippen LogP contribution is 2.36. The van der Waals surface area contributed by atoms with Gasteiger partial charge in [-0.3, -0.25) is 9.80 Å². The molecule has 2 amide bonds.